The van der Waals surface area contributed by atoms with Crippen molar-refractivity contribution in [2.45, 2.75) is 84.1 Å². The number of hydrogen-bond acceptors (Lipinski definition) is 4. The average molecular weight is 317 g/mol. The summed E-state index contributed by atoms with van der Waals surface area (Å²) in [7, 11) is 0. The fraction of sp³-hybridized carbons (Fsp3) is 0.812. The van der Waals surface area contributed by atoms with Gasteiger partial charge < -0.3 is 15.9 Å². The predicted molar refractivity (Wildman–Crippen MR) is 85.8 cm³/mol. The molecule has 0 amide bonds. The van der Waals surface area contributed by atoms with E-state index in [0.29, 0.717) is 12.8 Å². The molecular weight excluding hydrogens is 286 g/mol. The molecule has 0 aliphatic carbocycles. The van der Waals surface area contributed by atoms with Crippen molar-refractivity contribution in [2.24, 2.45) is 5.73 Å². The second-order valence-electron chi connectivity index (χ2n) is 5.33. The molecule has 6 heteroatoms. The lowest BCUT2D eigenvalue weighted by atomic mass is 10.1. The first-order valence-corrected chi connectivity index (χ1v) is 8.11. The monoisotopic (exact) mass is 317 g/mol. The summed E-state index contributed by atoms with van der Waals surface area (Å²) < 4.78 is 0. The Morgan fingerprint density at radius 1 is 0.864 bits per heavy atom. The quantitative estimate of drug-likeness (QED) is 0.376. The average Bonchev–Trinajstić information content (AvgIpc) is 2.48. The van der Waals surface area contributed by atoms with Crippen LogP contribution in [0.3, 0.4) is 0 Å². The van der Waals surface area contributed by atoms with E-state index in [1.165, 1.54) is 12.8 Å². The van der Waals surface area contributed by atoms with E-state index in [0.717, 1.165) is 32.1 Å². The molecule has 0 aliphatic heterocycles. The number of nitrogens with two attached hydrogens (primary N) is 1. The maximum atomic E-state index is 10.5. The van der Waals surface area contributed by atoms with Gasteiger partial charge in [0.05, 0.1) is 0 Å². The molecule has 0 spiro atoms. The minimum Gasteiger partial charge on any atom is -0.480 e. The van der Waals surface area contributed by atoms with E-state index in [1.807, 2.05) is 0 Å². The SMILES string of the molecule is CCCCCCC(=O)C(=O)O.CCCCCC[C@@H](N)C(=O)O. The summed E-state index contributed by atoms with van der Waals surface area (Å²) in [4.78, 5) is 30.8. The van der Waals surface area contributed by atoms with E-state index in [1.54, 1.807) is 0 Å². The van der Waals surface area contributed by atoms with Gasteiger partial charge in [0, 0.05) is 6.42 Å². The van der Waals surface area contributed by atoms with Gasteiger partial charge in [-0.05, 0) is 12.8 Å². The molecule has 0 radical (unpaired) electrons. The third-order valence-corrected chi connectivity index (χ3v) is 3.18. The standard InChI is InChI=1S/C8H17NO2.C8H14O3/c2*1-2-3-4-5-6-7(9)8(10)11/h7H,2-6,9H2,1H3,(H,10,11);2-6H2,1H3,(H,10,11)/t7-;/m1./s1. The zero-order valence-corrected chi connectivity index (χ0v) is 13.8. The van der Waals surface area contributed by atoms with Crippen LogP contribution in [0.25, 0.3) is 0 Å². The van der Waals surface area contributed by atoms with Gasteiger partial charge in [0.15, 0.2) is 0 Å². The molecule has 0 saturated heterocycles. The van der Waals surface area contributed by atoms with Gasteiger partial charge in [-0.2, -0.15) is 0 Å². The molecule has 0 saturated carbocycles. The highest BCUT2D eigenvalue weighted by Crippen LogP contribution is 2.04. The van der Waals surface area contributed by atoms with Gasteiger partial charge in [0.2, 0.25) is 5.78 Å². The molecule has 4 N–H and O–H groups in total. The Balaban J connectivity index is 0. The van der Waals surface area contributed by atoms with Crippen LogP contribution in [0.1, 0.15) is 78.1 Å². The Hall–Kier alpha value is -1.43. The van der Waals surface area contributed by atoms with E-state index in [-0.39, 0.29) is 6.42 Å². The lowest BCUT2D eigenvalue weighted by Crippen LogP contribution is -2.29. The van der Waals surface area contributed by atoms with Crippen molar-refractivity contribution in [3.05, 3.63) is 0 Å². The van der Waals surface area contributed by atoms with Crippen molar-refractivity contribution in [2.75, 3.05) is 0 Å². The van der Waals surface area contributed by atoms with Gasteiger partial charge in [-0.1, -0.05) is 58.8 Å². The molecule has 0 aliphatic rings. The number of ketones is 1. The van der Waals surface area contributed by atoms with Crippen molar-refractivity contribution in [1.29, 1.82) is 0 Å². The Bertz CT molecular complexity index is 318. The zero-order valence-electron chi connectivity index (χ0n) is 13.8. The molecule has 0 unspecified atom stereocenters. The molecular formula is C16H31NO5. The van der Waals surface area contributed by atoms with Gasteiger partial charge in [-0.15, -0.1) is 0 Å². The molecule has 22 heavy (non-hydrogen) atoms. The minimum absolute atomic E-state index is 0.190. The van der Waals surface area contributed by atoms with Crippen molar-refractivity contribution in [3.63, 3.8) is 0 Å². The molecule has 0 aromatic heterocycles. The Kier molecular flexibility index (Phi) is 16.6. The van der Waals surface area contributed by atoms with Gasteiger partial charge in [0.25, 0.3) is 0 Å². The molecule has 0 aromatic rings. The Morgan fingerprint density at radius 3 is 1.77 bits per heavy atom. The van der Waals surface area contributed by atoms with Crippen LogP contribution < -0.4 is 5.73 Å². The first kappa shape index (κ1) is 22.8. The smallest absolute Gasteiger partial charge is 0.372 e. The van der Waals surface area contributed by atoms with Crippen molar-refractivity contribution in [1.82, 2.24) is 0 Å². The molecule has 130 valence electrons. The Morgan fingerprint density at radius 2 is 1.36 bits per heavy atom. The lowest BCUT2D eigenvalue weighted by molar-refractivity contribution is -0.149. The summed E-state index contributed by atoms with van der Waals surface area (Å²) in [5.74, 6) is -2.86. The molecule has 1 atom stereocenters. The van der Waals surface area contributed by atoms with E-state index in [9.17, 15) is 14.4 Å². The fourth-order valence-corrected chi connectivity index (χ4v) is 1.73. The van der Waals surface area contributed by atoms with Gasteiger partial charge in [-0.25, -0.2) is 4.79 Å². The first-order chi connectivity index (χ1) is 10.4. The van der Waals surface area contributed by atoms with Crippen LogP contribution in [0.4, 0.5) is 0 Å². The highest BCUT2D eigenvalue weighted by molar-refractivity contribution is 6.32. The number of aliphatic carboxylic acids is 2. The summed E-state index contributed by atoms with van der Waals surface area (Å²) >= 11 is 0. The second-order valence-corrected chi connectivity index (χ2v) is 5.33. The molecule has 6 nitrogen and oxygen atoms in total. The van der Waals surface area contributed by atoms with E-state index in [4.69, 9.17) is 15.9 Å². The lowest BCUT2D eigenvalue weighted by Gasteiger charge is -2.04. The van der Waals surface area contributed by atoms with E-state index < -0.39 is 23.8 Å². The summed E-state index contributed by atoms with van der Waals surface area (Å²) in [6.45, 7) is 4.19. The number of Topliss-reactive ketones (excluding diaryl/α,β-unsaturated/α-hetero) is 1. The third-order valence-electron chi connectivity index (χ3n) is 3.18. The number of carbonyl (C=O) groups excluding carboxylic acids is 1. The zero-order chi connectivity index (χ0) is 17.4. The summed E-state index contributed by atoms with van der Waals surface area (Å²) in [5, 5.41) is 16.6. The number of unbranched alkanes of at least 4 members (excludes halogenated alkanes) is 6. The summed E-state index contributed by atoms with van der Waals surface area (Å²) in [6.07, 6.45) is 9.00. The number of carboxylic acids is 2. The first-order valence-electron chi connectivity index (χ1n) is 8.11. The number of hydrogen-bond donors (Lipinski definition) is 3. The van der Waals surface area contributed by atoms with Crippen LogP contribution in [0.5, 0.6) is 0 Å². The topological polar surface area (TPSA) is 118 Å². The minimum atomic E-state index is -1.30. The van der Waals surface area contributed by atoms with E-state index in [2.05, 4.69) is 13.8 Å². The largest absolute Gasteiger partial charge is 0.480 e. The maximum Gasteiger partial charge on any atom is 0.372 e. The number of carbonyl (C=O) groups is 3. The normalized spacial score (nSPS) is 11.2. The second kappa shape index (κ2) is 15.9. The Labute approximate surface area is 133 Å². The summed E-state index contributed by atoms with van der Waals surface area (Å²) in [5.41, 5.74) is 5.30. The molecule has 0 fully saturated rings. The van der Waals surface area contributed by atoms with Gasteiger partial charge >= 0.3 is 11.9 Å². The van der Waals surface area contributed by atoms with E-state index >= 15 is 0 Å². The van der Waals surface area contributed by atoms with Crippen molar-refractivity contribution >= 4 is 17.7 Å². The maximum absolute atomic E-state index is 10.5. The third kappa shape index (κ3) is 16.6. The van der Waals surface area contributed by atoms with Crippen LogP contribution >= 0.6 is 0 Å². The number of rotatable bonds is 12. The molecule has 0 heterocycles. The van der Waals surface area contributed by atoms with Crippen LogP contribution in [-0.4, -0.2) is 34.0 Å². The van der Waals surface area contributed by atoms with Gasteiger partial charge in [-0.3, -0.25) is 9.59 Å². The molecule has 0 bridgehead atoms. The molecule has 0 rings (SSSR count). The molecule has 0 aromatic carbocycles. The van der Waals surface area contributed by atoms with Crippen molar-refractivity contribution in [3.8, 4) is 0 Å². The highest BCUT2D eigenvalue weighted by Gasteiger charge is 2.10. The van der Waals surface area contributed by atoms with Crippen LogP contribution in [-0.2, 0) is 14.4 Å². The fourth-order valence-electron chi connectivity index (χ4n) is 1.73. The van der Waals surface area contributed by atoms with Crippen molar-refractivity contribution < 1.29 is 24.6 Å². The highest BCUT2D eigenvalue weighted by atomic mass is 16.4. The predicted octanol–water partition coefficient (Wildman–Crippen LogP) is 2.98. The van der Waals surface area contributed by atoms with Crippen LogP contribution in [0, 0.1) is 0 Å². The van der Waals surface area contributed by atoms with Crippen LogP contribution in [0.2, 0.25) is 0 Å². The van der Waals surface area contributed by atoms with Gasteiger partial charge in [0.1, 0.15) is 6.04 Å². The van der Waals surface area contributed by atoms with Crippen LogP contribution in [0.15, 0.2) is 0 Å². The number of carboxylic acid groups (broad SMARTS) is 2. The summed E-state index contributed by atoms with van der Waals surface area (Å²) in [6, 6.07) is -0.660.